The maximum Gasteiger partial charge on any atom is 0.0689 e. The van der Waals surface area contributed by atoms with Gasteiger partial charge in [-0.1, -0.05) is 6.92 Å². The lowest BCUT2D eigenvalue weighted by atomic mass is 9.69. The molecule has 1 fully saturated rings. The van der Waals surface area contributed by atoms with Crippen molar-refractivity contribution in [3.05, 3.63) is 18.0 Å². The fourth-order valence-electron chi connectivity index (χ4n) is 2.75. The Morgan fingerprint density at radius 2 is 2.24 bits per heavy atom. The van der Waals surface area contributed by atoms with Crippen LogP contribution >= 0.6 is 0 Å². The summed E-state index contributed by atoms with van der Waals surface area (Å²) in [6, 6.07) is 4.64. The third kappa shape index (κ3) is 2.69. The first kappa shape index (κ1) is 12.2. The fraction of sp³-hybridized carbons (Fsp3) is 0.714. The lowest BCUT2D eigenvalue weighted by Gasteiger charge is -2.33. The van der Waals surface area contributed by atoms with Crippen molar-refractivity contribution in [1.82, 2.24) is 9.78 Å². The van der Waals surface area contributed by atoms with E-state index in [9.17, 15) is 5.26 Å². The molecular formula is C14H21N3. The normalized spacial score (nSPS) is 28.9. The van der Waals surface area contributed by atoms with Gasteiger partial charge in [-0.05, 0) is 50.5 Å². The van der Waals surface area contributed by atoms with Gasteiger partial charge < -0.3 is 0 Å². The zero-order valence-corrected chi connectivity index (χ0v) is 10.8. The van der Waals surface area contributed by atoms with E-state index >= 15 is 0 Å². The van der Waals surface area contributed by atoms with Crippen LogP contribution in [0.3, 0.4) is 0 Å². The third-order valence-corrected chi connectivity index (χ3v) is 4.25. The topological polar surface area (TPSA) is 41.6 Å². The Morgan fingerprint density at radius 1 is 1.53 bits per heavy atom. The van der Waals surface area contributed by atoms with Crippen molar-refractivity contribution in [1.29, 1.82) is 5.26 Å². The van der Waals surface area contributed by atoms with Gasteiger partial charge in [0.2, 0.25) is 0 Å². The molecule has 1 aromatic rings. The van der Waals surface area contributed by atoms with Gasteiger partial charge in [-0.25, -0.2) is 0 Å². The summed E-state index contributed by atoms with van der Waals surface area (Å²) >= 11 is 0. The number of aryl methyl sites for hydroxylation is 2. The van der Waals surface area contributed by atoms with E-state index in [1.807, 2.05) is 17.9 Å². The zero-order chi connectivity index (χ0) is 12.3. The van der Waals surface area contributed by atoms with E-state index in [4.69, 9.17) is 0 Å². The van der Waals surface area contributed by atoms with Crippen molar-refractivity contribution in [2.75, 3.05) is 0 Å². The minimum Gasteiger partial charge on any atom is -0.273 e. The minimum absolute atomic E-state index is 0.0726. The highest BCUT2D eigenvalue weighted by atomic mass is 15.2. The van der Waals surface area contributed by atoms with Crippen molar-refractivity contribution in [2.24, 2.45) is 18.4 Å². The largest absolute Gasteiger partial charge is 0.273 e. The zero-order valence-electron chi connectivity index (χ0n) is 10.8. The minimum atomic E-state index is -0.0726. The van der Waals surface area contributed by atoms with Crippen LogP contribution in [0.2, 0.25) is 0 Å². The van der Waals surface area contributed by atoms with Gasteiger partial charge in [0.15, 0.2) is 0 Å². The van der Waals surface area contributed by atoms with E-state index in [0.717, 1.165) is 31.6 Å². The van der Waals surface area contributed by atoms with Crippen LogP contribution in [-0.2, 0) is 13.5 Å². The molecule has 17 heavy (non-hydrogen) atoms. The highest BCUT2D eigenvalue weighted by Gasteiger charge is 2.33. The van der Waals surface area contributed by atoms with Crippen LogP contribution in [0.5, 0.6) is 0 Å². The molecular weight excluding hydrogens is 210 g/mol. The second kappa shape index (κ2) is 4.91. The summed E-state index contributed by atoms with van der Waals surface area (Å²) in [6.45, 7) is 2.29. The Bertz CT molecular complexity index is 405. The van der Waals surface area contributed by atoms with E-state index < -0.39 is 0 Å². The van der Waals surface area contributed by atoms with E-state index in [1.54, 1.807) is 0 Å². The summed E-state index contributed by atoms with van der Waals surface area (Å²) in [4.78, 5) is 0. The quantitative estimate of drug-likeness (QED) is 0.802. The highest BCUT2D eigenvalue weighted by molar-refractivity contribution is 5.06. The Labute approximate surface area is 103 Å². The number of nitriles is 1. The molecule has 1 saturated carbocycles. The lowest BCUT2D eigenvalue weighted by molar-refractivity contribution is 0.205. The number of rotatable bonds is 3. The van der Waals surface area contributed by atoms with Crippen LogP contribution in [0.1, 0.15) is 44.7 Å². The van der Waals surface area contributed by atoms with Crippen LogP contribution in [0.25, 0.3) is 0 Å². The van der Waals surface area contributed by atoms with Gasteiger partial charge in [0.1, 0.15) is 0 Å². The summed E-state index contributed by atoms with van der Waals surface area (Å²) in [7, 11) is 1.97. The molecule has 0 amide bonds. The second-order valence-corrected chi connectivity index (χ2v) is 5.52. The monoisotopic (exact) mass is 231 g/mol. The molecule has 0 radical (unpaired) electrons. The first-order chi connectivity index (χ1) is 8.15. The SMILES string of the molecule is CC1CCC(C#N)(CCc2ccnn2C)CC1. The number of aromatic nitrogens is 2. The molecule has 0 unspecified atom stereocenters. The molecule has 1 aliphatic carbocycles. The van der Waals surface area contributed by atoms with Gasteiger partial charge in [0.25, 0.3) is 0 Å². The van der Waals surface area contributed by atoms with Crippen LogP contribution in [-0.4, -0.2) is 9.78 Å². The summed E-state index contributed by atoms with van der Waals surface area (Å²) < 4.78 is 1.91. The smallest absolute Gasteiger partial charge is 0.0689 e. The molecule has 92 valence electrons. The average Bonchev–Trinajstić information content (AvgIpc) is 2.75. The van der Waals surface area contributed by atoms with Gasteiger partial charge >= 0.3 is 0 Å². The van der Waals surface area contributed by atoms with Crippen LogP contribution in [0.4, 0.5) is 0 Å². The predicted molar refractivity (Wildman–Crippen MR) is 67.2 cm³/mol. The van der Waals surface area contributed by atoms with Crippen molar-refractivity contribution >= 4 is 0 Å². The standard InChI is InChI=1S/C14H21N3/c1-12-3-7-14(11-15,8-4-12)9-5-13-6-10-16-17(13)2/h6,10,12H,3-5,7-9H2,1-2H3. The molecule has 3 nitrogen and oxygen atoms in total. The van der Waals surface area contributed by atoms with Gasteiger partial charge in [0.05, 0.1) is 11.5 Å². The second-order valence-electron chi connectivity index (χ2n) is 5.52. The number of hydrogen-bond donors (Lipinski definition) is 0. The van der Waals surface area contributed by atoms with Crippen molar-refractivity contribution < 1.29 is 0 Å². The molecule has 1 heterocycles. The number of nitrogens with zero attached hydrogens (tertiary/aromatic N) is 3. The molecule has 0 atom stereocenters. The molecule has 2 rings (SSSR count). The van der Waals surface area contributed by atoms with Crippen molar-refractivity contribution in [3.63, 3.8) is 0 Å². The van der Waals surface area contributed by atoms with Crippen LogP contribution in [0.15, 0.2) is 12.3 Å². The lowest BCUT2D eigenvalue weighted by Crippen LogP contribution is -2.26. The van der Waals surface area contributed by atoms with E-state index in [0.29, 0.717) is 0 Å². The van der Waals surface area contributed by atoms with E-state index in [2.05, 4.69) is 24.2 Å². The first-order valence-electron chi connectivity index (χ1n) is 6.53. The molecule has 0 bridgehead atoms. The van der Waals surface area contributed by atoms with Gasteiger partial charge in [-0.2, -0.15) is 10.4 Å². The molecule has 0 N–H and O–H groups in total. The summed E-state index contributed by atoms with van der Waals surface area (Å²) in [6.07, 6.45) is 8.34. The Kier molecular flexibility index (Phi) is 3.51. The highest BCUT2D eigenvalue weighted by Crippen LogP contribution is 2.41. The van der Waals surface area contributed by atoms with Crippen LogP contribution < -0.4 is 0 Å². The maximum atomic E-state index is 9.45. The molecule has 0 aliphatic heterocycles. The summed E-state index contributed by atoms with van der Waals surface area (Å²) in [5, 5.41) is 13.6. The Balaban J connectivity index is 1.97. The molecule has 1 aliphatic rings. The maximum absolute atomic E-state index is 9.45. The van der Waals surface area contributed by atoms with Gasteiger partial charge in [-0.15, -0.1) is 0 Å². The molecule has 0 saturated heterocycles. The third-order valence-electron chi connectivity index (χ3n) is 4.25. The van der Waals surface area contributed by atoms with Crippen molar-refractivity contribution in [2.45, 2.75) is 45.4 Å². The molecule has 0 aromatic carbocycles. The Hall–Kier alpha value is -1.30. The molecule has 3 heteroatoms. The average molecular weight is 231 g/mol. The van der Waals surface area contributed by atoms with Gasteiger partial charge in [-0.3, -0.25) is 4.68 Å². The van der Waals surface area contributed by atoms with Gasteiger partial charge in [0, 0.05) is 18.9 Å². The van der Waals surface area contributed by atoms with E-state index in [-0.39, 0.29) is 5.41 Å². The summed E-state index contributed by atoms with van der Waals surface area (Å²) in [5.41, 5.74) is 1.16. The summed E-state index contributed by atoms with van der Waals surface area (Å²) in [5.74, 6) is 0.799. The molecule has 0 spiro atoms. The fourth-order valence-corrected chi connectivity index (χ4v) is 2.75. The molecule has 1 aromatic heterocycles. The van der Waals surface area contributed by atoms with Crippen LogP contribution in [0, 0.1) is 22.7 Å². The predicted octanol–water partition coefficient (Wildman–Crippen LogP) is 3.07. The Morgan fingerprint density at radius 3 is 2.76 bits per heavy atom. The van der Waals surface area contributed by atoms with Crippen molar-refractivity contribution in [3.8, 4) is 6.07 Å². The van der Waals surface area contributed by atoms with E-state index in [1.165, 1.54) is 18.5 Å². The number of hydrogen-bond acceptors (Lipinski definition) is 2. The first-order valence-corrected chi connectivity index (χ1v) is 6.53.